The monoisotopic (exact) mass is 276 g/mol. The van der Waals surface area contributed by atoms with Crippen LogP contribution in [0.1, 0.15) is 71.1 Å². The highest BCUT2D eigenvalue weighted by atomic mass is 16.1. The average molecular weight is 276 g/mol. The smallest absolute Gasteiger partial charge is 0.224 e. The normalized spacial score (nSPS) is 10.4. The molecule has 1 aromatic rings. The summed E-state index contributed by atoms with van der Waals surface area (Å²) < 4.78 is 0. The third-order valence-electron chi connectivity index (χ3n) is 3.45. The molecule has 112 valence electrons. The maximum absolute atomic E-state index is 11.7. The minimum absolute atomic E-state index is 0.0981. The number of nitrogens with zero attached hydrogens (tertiary/aromatic N) is 1. The Balaban J connectivity index is 1.92. The van der Waals surface area contributed by atoms with Crippen LogP contribution in [-0.2, 0) is 4.79 Å². The van der Waals surface area contributed by atoms with E-state index >= 15 is 0 Å². The summed E-state index contributed by atoms with van der Waals surface area (Å²) in [6, 6.07) is 3.69. The second kappa shape index (κ2) is 11.4. The van der Waals surface area contributed by atoms with Gasteiger partial charge in [-0.05, 0) is 18.6 Å². The van der Waals surface area contributed by atoms with Crippen LogP contribution < -0.4 is 5.32 Å². The van der Waals surface area contributed by atoms with E-state index in [-0.39, 0.29) is 5.91 Å². The zero-order valence-corrected chi connectivity index (χ0v) is 12.7. The van der Waals surface area contributed by atoms with Gasteiger partial charge in [-0.3, -0.25) is 9.78 Å². The van der Waals surface area contributed by atoms with Crippen LogP contribution >= 0.6 is 0 Å². The molecule has 0 atom stereocenters. The van der Waals surface area contributed by atoms with Crippen molar-refractivity contribution in [3.63, 3.8) is 0 Å². The lowest BCUT2D eigenvalue weighted by molar-refractivity contribution is -0.116. The molecule has 0 aliphatic carbocycles. The predicted octanol–water partition coefficient (Wildman–Crippen LogP) is 4.94. The molecule has 0 bridgehead atoms. The van der Waals surface area contributed by atoms with Crippen LogP contribution in [0.15, 0.2) is 24.5 Å². The fraction of sp³-hybridized carbons (Fsp3) is 0.647. The zero-order valence-electron chi connectivity index (χ0n) is 12.7. The van der Waals surface area contributed by atoms with Gasteiger partial charge in [0, 0.05) is 12.6 Å². The molecule has 1 amide bonds. The predicted molar refractivity (Wildman–Crippen MR) is 84.7 cm³/mol. The summed E-state index contributed by atoms with van der Waals surface area (Å²) in [6.07, 6.45) is 15.5. The summed E-state index contributed by atoms with van der Waals surface area (Å²) >= 11 is 0. The molecule has 0 aromatic carbocycles. The number of aromatic nitrogens is 1. The minimum atomic E-state index is 0.0981. The van der Waals surface area contributed by atoms with E-state index in [1.54, 1.807) is 12.4 Å². The van der Waals surface area contributed by atoms with E-state index in [1.807, 2.05) is 12.1 Å². The van der Waals surface area contributed by atoms with E-state index in [0.29, 0.717) is 6.42 Å². The topological polar surface area (TPSA) is 42.0 Å². The van der Waals surface area contributed by atoms with Crippen LogP contribution in [0, 0.1) is 0 Å². The highest BCUT2D eigenvalue weighted by Crippen LogP contribution is 2.11. The van der Waals surface area contributed by atoms with Crippen LogP contribution in [0.4, 0.5) is 5.69 Å². The Labute approximate surface area is 123 Å². The Morgan fingerprint density at radius 3 is 2.30 bits per heavy atom. The van der Waals surface area contributed by atoms with E-state index in [2.05, 4.69) is 17.2 Å². The van der Waals surface area contributed by atoms with E-state index in [1.165, 1.54) is 44.9 Å². The SMILES string of the molecule is CCCCCCCCCCCC(=O)Nc1cccnc1. The van der Waals surface area contributed by atoms with Gasteiger partial charge in [-0.15, -0.1) is 0 Å². The zero-order chi connectivity index (χ0) is 14.5. The van der Waals surface area contributed by atoms with Crippen molar-refractivity contribution in [1.29, 1.82) is 0 Å². The highest BCUT2D eigenvalue weighted by molar-refractivity contribution is 5.90. The van der Waals surface area contributed by atoms with E-state index in [4.69, 9.17) is 0 Å². The Morgan fingerprint density at radius 2 is 1.70 bits per heavy atom. The summed E-state index contributed by atoms with van der Waals surface area (Å²) in [5.41, 5.74) is 0.786. The third-order valence-corrected chi connectivity index (χ3v) is 3.45. The molecule has 0 saturated heterocycles. The van der Waals surface area contributed by atoms with Gasteiger partial charge < -0.3 is 5.32 Å². The summed E-state index contributed by atoms with van der Waals surface area (Å²) in [5.74, 6) is 0.0981. The number of amides is 1. The fourth-order valence-electron chi connectivity index (χ4n) is 2.26. The van der Waals surface area contributed by atoms with Gasteiger partial charge in [0.15, 0.2) is 0 Å². The van der Waals surface area contributed by atoms with Crippen molar-refractivity contribution in [2.45, 2.75) is 71.1 Å². The molecule has 0 saturated carbocycles. The molecule has 0 radical (unpaired) electrons. The molecular formula is C17H28N2O. The first-order valence-electron chi connectivity index (χ1n) is 8.03. The largest absolute Gasteiger partial charge is 0.325 e. The maximum atomic E-state index is 11.7. The van der Waals surface area contributed by atoms with Gasteiger partial charge in [0.1, 0.15) is 0 Å². The lowest BCUT2D eigenvalue weighted by atomic mass is 10.1. The number of hydrogen-bond acceptors (Lipinski definition) is 2. The molecule has 3 nitrogen and oxygen atoms in total. The van der Waals surface area contributed by atoms with Crippen LogP contribution in [0.25, 0.3) is 0 Å². The number of carbonyl (C=O) groups is 1. The quantitative estimate of drug-likeness (QED) is 0.581. The van der Waals surface area contributed by atoms with Crippen LogP contribution in [0.5, 0.6) is 0 Å². The third kappa shape index (κ3) is 8.68. The molecular weight excluding hydrogens is 248 g/mol. The molecule has 0 fully saturated rings. The maximum Gasteiger partial charge on any atom is 0.224 e. The summed E-state index contributed by atoms with van der Waals surface area (Å²) in [5, 5.41) is 2.87. The van der Waals surface area contributed by atoms with Gasteiger partial charge in [0.2, 0.25) is 5.91 Å². The van der Waals surface area contributed by atoms with Crippen LogP contribution in [0.3, 0.4) is 0 Å². The first kappa shape index (κ1) is 16.7. The van der Waals surface area contributed by atoms with Gasteiger partial charge in [0.05, 0.1) is 11.9 Å². The second-order valence-corrected chi connectivity index (χ2v) is 5.37. The van der Waals surface area contributed by atoms with E-state index in [9.17, 15) is 4.79 Å². The number of unbranched alkanes of at least 4 members (excludes halogenated alkanes) is 8. The van der Waals surface area contributed by atoms with Gasteiger partial charge in [0.25, 0.3) is 0 Å². The molecule has 0 unspecified atom stereocenters. The van der Waals surface area contributed by atoms with E-state index in [0.717, 1.165) is 18.5 Å². The average Bonchev–Trinajstić information content (AvgIpc) is 2.46. The molecule has 0 aliphatic heterocycles. The van der Waals surface area contributed by atoms with Crippen molar-refractivity contribution in [3.05, 3.63) is 24.5 Å². The Hall–Kier alpha value is -1.38. The number of hydrogen-bond donors (Lipinski definition) is 1. The Kier molecular flexibility index (Phi) is 9.54. The number of pyridine rings is 1. The lowest BCUT2D eigenvalue weighted by Crippen LogP contribution is -2.11. The van der Waals surface area contributed by atoms with Crippen LogP contribution in [0.2, 0.25) is 0 Å². The summed E-state index contributed by atoms with van der Waals surface area (Å²) in [4.78, 5) is 15.7. The molecule has 0 spiro atoms. The lowest BCUT2D eigenvalue weighted by Gasteiger charge is -2.04. The van der Waals surface area contributed by atoms with Crippen molar-refractivity contribution >= 4 is 11.6 Å². The molecule has 1 rings (SSSR count). The molecule has 1 heterocycles. The van der Waals surface area contributed by atoms with Crippen molar-refractivity contribution in [3.8, 4) is 0 Å². The molecule has 20 heavy (non-hydrogen) atoms. The summed E-state index contributed by atoms with van der Waals surface area (Å²) in [6.45, 7) is 2.25. The fourth-order valence-corrected chi connectivity index (χ4v) is 2.26. The Bertz CT molecular complexity index is 351. The number of carbonyl (C=O) groups excluding carboxylic acids is 1. The molecule has 1 aromatic heterocycles. The standard InChI is InChI=1S/C17H28N2O/c1-2-3-4-5-6-7-8-9-10-13-17(20)19-16-12-11-14-18-15-16/h11-12,14-15H,2-10,13H2,1H3,(H,19,20). The van der Waals surface area contributed by atoms with Crippen molar-refractivity contribution < 1.29 is 4.79 Å². The van der Waals surface area contributed by atoms with Gasteiger partial charge in [-0.2, -0.15) is 0 Å². The minimum Gasteiger partial charge on any atom is -0.325 e. The molecule has 1 N–H and O–H groups in total. The highest BCUT2D eigenvalue weighted by Gasteiger charge is 2.01. The van der Waals surface area contributed by atoms with Crippen molar-refractivity contribution in [1.82, 2.24) is 4.98 Å². The first-order valence-corrected chi connectivity index (χ1v) is 8.03. The molecule has 0 aliphatic rings. The van der Waals surface area contributed by atoms with E-state index < -0.39 is 0 Å². The number of anilines is 1. The summed E-state index contributed by atoms with van der Waals surface area (Å²) in [7, 11) is 0. The van der Waals surface area contributed by atoms with Gasteiger partial charge in [-0.25, -0.2) is 0 Å². The van der Waals surface area contributed by atoms with Crippen molar-refractivity contribution in [2.24, 2.45) is 0 Å². The Morgan fingerprint density at radius 1 is 1.05 bits per heavy atom. The second-order valence-electron chi connectivity index (χ2n) is 5.37. The first-order chi connectivity index (χ1) is 9.83. The van der Waals surface area contributed by atoms with Gasteiger partial charge >= 0.3 is 0 Å². The van der Waals surface area contributed by atoms with Crippen molar-refractivity contribution in [2.75, 3.05) is 5.32 Å². The number of nitrogens with one attached hydrogen (secondary N) is 1. The number of rotatable bonds is 11. The van der Waals surface area contributed by atoms with Crippen LogP contribution in [-0.4, -0.2) is 10.9 Å². The van der Waals surface area contributed by atoms with Gasteiger partial charge in [-0.1, -0.05) is 58.3 Å². The molecule has 3 heteroatoms.